The summed E-state index contributed by atoms with van der Waals surface area (Å²) in [6.45, 7) is 0. The molecule has 0 unspecified atom stereocenters. The van der Waals surface area contributed by atoms with Crippen LogP contribution in [0.5, 0.6) is 0 Å². The minimum atomic E-state index is 0.156. The van der Waals surface area contributed by atoms with Crippen LogP contribution < -0.4 is 27.3 Å². The van der Waals surface area contributed by atoms with Gasteiger partial charge in [-0.2, -0.15) is 0 Å². The molecule has 49 heavy (non-hydrogen) atoms. The van der Waals surface area contributed by atoms with Crippen molar-refractivity contribution >= 4 is 120 Å². The van der Waals surface area contributed by atoms with Gasteiger partial charge >= 0.3 is 0 Å². The number of rotatable bonds is 4. The molecule has 0 fully saturated rings. The van der Waals surface area contributed by atoms with E-state index in [2.05, 4.69) is 42.5 Å². The molecule has 0 aliphatic heterocycles. The van der Waals surface area contributed by atoms with Crippen molar-refractivity contribution in [1.29, 1.82) is 0 Å². The van der Waals surface area contributed by atoms with E-state index >= 15 is 0 Å². The van der Waals surface area contributed by atoms with Gasteiger partial charge in [0.15, 0.2) is 17.5 Å². The van der Waals surface area contributed by atoms with Gasteiger partial charge in [-0.1, -0.05) is 102 Å². The molecule has 0 amide bonds. The van der Waals surface area contributed by atoms with Crippen LogP contribution in [0.2, 0.25) is 0 Å². The summed E-state index contributed by atoms with van der Waals surface area (Å²) in [5.74, 6) is 1.66. The van der Waals surface area contributed by atoms with Gasteiger partial charge in [0.25, 0.3) is 0 Å². The van der Waals surface area contributed by atoms with Gasteiger partial charge in [0.05, 0.1) is 0 Å². The monoisotopic (exact) mass is 631 g/mol. The van der Waals surface area contributed by atoms with E-state index in [0.717, 1.165) is 32.2 Å². The summed E-state index contributed by atoms with van der Waals surface area (Å²) < 4.78 is 8.87. The molecule has 0 aliphatic rings. The van der Waals surface area contributed by atoms with Crippen molar-refractivity contribution < 1.29 is 4.42 Å². The maximum absolute atomic E-state index is 6.55. The first-order valence-corrected chi connectivity index (χ1v) is 16.4. The Balaban J connectivity index is 1.32. The molecule has 9 rings (SSSR count). The van der Waals surface area contributed by atoms with Crippen molar-refractivity contribution in [3.63, 3.8) is 0 Å². The van der Waals surface area contributed by atoms with Crippen LogP contribution in [-0.4, -0.2) is 54.2 Å². The second kappa shape index (κ2) is 11.4. The predicted octanol–water partition coefficient (Wildman–Crippen LogP) is 4.78. The Morgan fingerprint density at radius 1 is 0.469 bits per heavy atom. The minimum Gasteiger partial charge on any atom is -0.455 e. The second-order valence-corrected chi connectivity index (χ2v) is 12.9. The summed E-state index contributed by atoms with van der Waals surface area (Å²) in [5, 5.41) is 4.03. The molecule has 0 aliphatic carbocycles. The van der Waals surface area contributed by atoms with Crippen molar-refractivity contribution in [2.24, 2.45) is 0 Å². The first kappa shape index (κ1) is 29.8. The molecule has 10 radical (unpaired) electrons. The minimum absolute atomic E-state index is 0.156. The number of hydrogen-bond acceptors (Lipinski definition) is 5. The third kappa shape index (κ3) is 4.62. The molecule has 3 aromatic heterocycles. The normalized spacial score (nSPS) is 11.7. The van der Waals surface area contributed by atoms with Crippen molar-refractivity contribution in [3.8, 4) is 45.3 Å². The van der Waals surface area contributed by atoms with Crippen LogP contribution in [0.1, 0.15) is 0 Å². The largest absolute Gasteiger partial charge is 0.455 e. The number of benzene rings is 6. The van der Waals surface area contributed by atoms with E-state index in [-0.39, 0.29) is 27.3 Å². The smallest absolute Gasteiger partial charge is 0.165 e. The number of fused-ring (bicyclic) bond motifs is 6. The summed E-state index contributed by atoms with van der Waals surface area (Å²) in [6, 6.07) is 36.3. The van der Waals surface area contributed by atoms with Gasteiger partial charge in [-0.3, -0.25) is 0 Å². The number of nitrogens with zero attached hydrogens (tertiary/aromatic N) is 3. The number of furan rings is 1. The quantitative estimate of drug-likeness (QED) is 0.263. The fourth-order valence-electron chi connectivity index (χ4n) is 6.63. The fourth-order valence-corrected chi connectivity index (χ4v) is 7.84. The van der Waals surface area contributed by atoms with Gasteiger partial charge in [0, 0.05) is 53.2 Å². The molecule has 216 valence electrons. The highest BCUT2D eigenvalue weighted by molar-refractivity contribution is 7.26. The van der Waals surface area contributed by atoms with Crippen LogP contribution in [0.3, 0.4) is 0 Å². The molecule has 0 saturated carbocycles. The van der Waals surface area contributed by atoms with Crippen LogP contribution >= 0.6 is 11.3 Å². The van der Waals surface area contributed by atoms with Gasteiger partial charge in [0.2, 0.25) is 0 Å². The number of thiophene rings is 1. The molecule has 4 nitrogen and oxygen atoms in total. The zero-order valence-electron chi connectivity index (χ0n) is 25.9. The number of aromatic nitrogens is 3. The summed E-state index contributed by atoms with van der Waals surface area (Å²) in [4.78, 5) is 15.3. The van der Waals surface area contributed by atoms with Crippen LogP contribution in [0, 0.1) is 0 Å². The van der Waals surface area contributed by atoms with E-state index in [0.29, 0.717) is 39.8 Å². The Morgan fingerprint density at radius 2 is 1.04 bits per heavy atom. The standard InChI is InChI=1S/C39H18B5N3OS/c40-30-29(31(41)33(43)34(44)32(30)42)23-14-7-13-22-28-24(15-8-17-26(28)48-35(22)23)38-45-37(19-9-2-1-3-10-19)46-39(47-38)25-16-6-12-21-20-11-4-5-18-27(20)49-36(21)25/h1-18H. The van der Waals surface area contributed by atoms with Crippen molar-refractivity contribution in [1.82, 2.24) is 15.0 Å². The van der Waals surface area contributed by atoms with Crippen LogP contribution in [-0.2, 0) is 0 Å². The van der Waals surface area contributed by atoms with Crippen LogP contribution in [0.15, 0.2) is 114 Å². The summed E-state index contributed by atoms with van der Waals surface area (Å²) in [7, 11) is 31.6. The topological polar surface area (TPSA) is 51.8 Å². The molecule has 9 aromatic rings. The summed E-state index contributed by atoms with van der Waals surface area (Å²) in [6.07, 6.45) is 0. The van der Waals surface area contributed by atoms with Crippen molar-refractivity contribution in [2.45, 2.75) is 0 Å². The van der Waals surface area contributed by atoms with Gasteiger partial charge in [-0.15, -0.1) is 27.7 Å². The second-order valence-electron chi connectivity index (χ2n) is 11.9. The third-order valence-corrected chi connectivity index (χ3v) is 10.3. The fraction of sp³-hybridized carbons (Fsp3) is 0. The lowest BCUT2D eigenvalue weighted by Gasteiger charge is -2.21. The lowest BCUT2D eigenvalue weighted by molar-refractivity contribution is 0.670. The van der Waals surface area contributed by atoms with E-state index in [1.165, 1.54) is 15.5 Å². The Labute approximate surface area is 292 Å². The summed E-state index contributed by atoms with van der Waals surface area (Å²) in [5.41, 5.74) is 5.92. The summed E-state index contributed by atoms with van der Waals surface area (Å²) >= 11 is 1.74. The van der Waals surface area contributed by atoms with Crippen molar-refractivity contribution in [3.05, 3.63) is 109 Å². The first-order chi connectivity index (χ1) is 23.9. The highest BCUT2D eigenvalue weighted by Crippen LogP contribution is 2.42. The molecule has 0 atom stereocenters. The molecule has 0 saturated heterocycles. The SMILES string of the molecule is [B]c1c([B])c([B])c(-c2cccc3c2oc2cccc(-c4nc(-c5ccccc5)nc(-c5cccc6c5sc5ccccc56)n4)c23)c([B])c1[B]. The maximum Gasteiger partial charge on any atom is 0.165 e. The third-order valence-electron chi connectivity index (χ3n) is 9.04. The number of hydrogen-bond donors (Lipinski definition) is 0. The van der Waals surface area contributed by atoms with Gasteiger partial charge < -0.3 is 4.42 Å². The molecule has 0 spiro atoms. The number of para-hydroxylation sites is 1. The van der Waals surface area contributed by atoms with Crippen molar-refractivity contribution in [2.75, 3.05) is 0 Å². The zero-order chi connectivity index (χ0) is 33.4. The molecule has 3 heterocycles. The lowest BCUT2D eigenvalue weighted by atomic mass is 9.59. The highest BCUT2D eigenvalue weighted by Gasteiger charge is 2.22. The van der Waals surface area contributed by atoms with E-state index in [1.54, 1.807) is 11.3 Å². The highest BCUT2D eigenvalue weighted by atomic mass is 32.1. The van der Waals surface area contributed by atoms with E-state index in [1.807, 2.05) is 66.7 Å². The Bertz CT molecular complexity index is 2770. The first-order valence-electron chi connectivity index (χ1n) is 15.6. The Hall–Kier alpha value is -5.33. The zero-order valence-corrected chi connectivity index (χ0v) is 26.8. The molecule has 10 heteroatoms. The Kier molecular flexibility index (Phi) is 6.92. The van der Waals surface area contributed by atoms with E-state index in [9.17, 15) is 0 Å². The van der Waals surface area contributed by atoms with Gasteiger partial charge in [-0.25, -0.2) is 15.0 Å². The van der Waals surface area contributed by atoms with E-state index < -0.39 is 0 Å². The average Bonchev–Trinajstić information content (AvgIpc) is 3.73. The van der Waals surface area contributed by atoms with Crippen LogP contribution in [0.4, 0.5) is 0 Å². The lowest BCUT2D eigenvalue weighted by Crippen LogP contribution is -2.55. The predicted molar refractivity (Wildman–Crippen MR) is 209 cm³/mol. The van der Waals surface area contributed by atoms with Crippen LogP contribution in [0.25, 0.3) is 87.4 Å². The van der Waals surface area contributed by atoms with E-state index in [4.69, 9.17) is 58.6 Å². The molecular weight excluding hydrogens is 613 g/mol. The average molecular weight is 631 g/mol. The molecule has 6 aromatic carbocycles. The maximum atomic E-state index is 6.55. The molecule has 0 N–H and O–H groups in total. The van der Waals surface area contributed by atoms with Gasteiger partial charge in [-0.05, 0) is 23.8 Å². The molecule has 0 bridgehead atoms. The Morgan fingerprint density at radius 3 is 1.82 bits per heavy atom. The van der Waals surface area contributed by atoms with Gasteiger partial charge in [0.1, 0.15) is 50.4 Å². The molecular formula is C39H18B5N3OS.